The summed E-state index contributed by atoms with van der Waals surface area (Å²) in [7, 11) is 0. The summed E-state index contributed by atoms with van der Waals surface area (Å²) in [5.74, 6) is -0.822. The van der Waals surface area contributed by atoms with Gasteiger partial charge in [0.05, 0.1) is 6.04 Å². The Bertz CT molecular complexity index is 588. The molecule has 0 unspecified atom stereocenters. The third-order valence-electron chi connectivity index (χ3n) is 4.30. The molecule has 8 nitrogen and oxygen atoms in total. The van der Waals surface area contributed by atoms with Gasteiger partial charge in [0.25, 0.3) is 0 Å². The number of urea groups is 1. The summed E-state index contributed by atoms with van der Waals surface area (Å²) in [5.41, 5.74) is 4.22. The Kier molecular flexibility index (Phi) is 10.3. The van der Waals surface area contributed by atoms with Crippen molar-refractivity contribution < 1.29 is 19.2 Å². The fraction of sp³-hybridized carbons (Fsp3) is 0.810. The van der Waals surface area contributed by atoms with Crippen LogP contribution >= 0.6 is 0 Å². The minimum Gasteiger partial charge on any atom is -0.352 e. The second-order valence-corrected chi connectivity index (χ2v) is 10.1. The van der Waals surface area contributed by atoms with E-state index >= 15 is 0 Å². The summed E-state index contributed by atoms with van der Waals surface area (Å²) >= 11 is 0. The van der Waals surface area contributed by atoms with E-state index in [1.807, 2.05) is 34.6 Å². The van der Waals surface area contributed by atoms with Crippen molar-refractivity contribution >= 4 is 23.6 Å². The monoisotopic (exact) mass is 412 g/mol. The first kappa shape index (κ1) is 26.9. The van der Waals surface area contributed by atoms with Crippen molar-refractivity contribution in [3.8, 4) is 0 Å². The molecule has 0 saturated carbocycles. The summed E-state index contributed by atoms with van der Waals surface area (Å²) in [6.45, 7) is 15.2. The SMILES string of the molecule is CC(C)[C@H](NC(=O)CC(C)(C)C)C(=O)N[C@@H](CCCNC(N)=O)C(=O)C(C)(C)C. The van der Waals surface area contributed by atoms with Gasteiger partial charge in [0.1, 0.15) is 6.04 Å². The van der Waals surface area contributed by atoms with Gasteiger partial charge in [-0.15, -0.1) is 0 Å². The molecular formula is C21H40N4O4. The van der Waals surface area contributed by atoms with E-state index in [9.17, 15) is 19.2 Å². The van der Waals surface area contributed by atoms with E-state index in [0.717, 1.165) is 0 Å². The molecule has 0 aromatic carbocycles. The lowest BCUT2D eigenvalue weighted by Crippen LogP contribution is -2.55. The summed E-state index contributed by atoms with van der Waals surface area (Å²) in [6, 6.07) is -2.07. The highest BCUT2D eigenvalue weighted by Crippen LogP contribution is 2.20. The van der Waals surface area contributed by atoms with Crippen LogP contribution in [0.25, 0.3) is 0 Å². The number of primary amides is 1. The van der Waals surface area contributed by atoms with Crippen LogP contribution in [0.2, 0.25) is 0 Å². The van der Waals surface area contributed by atoms with Crippen molar-refractivity contribution in [3.63, 3.8) is 0 Å². The molecule has 2 atom stereocenters. The third-order valence-corrected chi connectivity index (χ3v) is 4.30. The van der Waals surface area contributed by atoms with E-state index < -0.39 is 23.5 Å². The lowest BCUT2D eigenvalue weighted by molar-refractivity contribution is -0.135. The predicted octanol–water partition coefficient (Wildman–Crippen LogP) is 2.11. The Balaban J connectivity index is 5.22. The van der Waals surface area contributed by atoms with Crippen molar-refractivity contribution in [3.05, 3.63) is 0 Å². The molecule has 0 fully saturated rings. The predicted molar refractivity (Wildman–Crippen MR) is 114 cm³/mol. The van der Waals surface area contributed by atoms with Crippen LogP contribution in [0.4, 0.5) is 4.79 Å². The number of hydrogen-bond donors (Lipinski definition) is 4. The van der Waals surface area contributed by atoms with Crippen LogP contribution in [0.15, 0.2) is 0 Å². The summed E-state index contributed by atoms with van der Waals surface area (Å²) in [4.78, 5) is 48.9. The highest BCUT2D eigenvalue weighted by Gasteiger charge is 2.33. The molecule has 0 rings (SSSR count). The lowest BCUT2D eigenvalue weighted by atomic mass is 9.84. The molecule has 0 saturated heterocycles. The Labute approximate surface area is 175 Å². The van der Waals surface area contributed by atoms with Crippen LogP contribution in [0.5, 0.6) is 0 Å². The number of carbonyl (C=O) groups excluding carboxylic acids is 4. The number of rotatable bonds is 10. The van der Waals surface area contributed by atoms with Gasteiger partial charge in [-0.05, 0) is 24.2 Å². The van der Waals surface area contributed by atoms with Crippen molar-refractivity contribution in [2.24, 2.45) is 22.5 Å². The molecular weight excluding hydrogens is 372 g/mol. The van der Waals surface area contributed by atoms with Crippen molar-refractivity contribution in [1.82, 2.24) is 16.0 Å². The fourth-order valence-electron chi connectivity index (χ4n) is 2.81. The Morgan fingerprint density at radius 3 is 1.90 bits per heavy atom. The minimum atomic E-state index is -0.733. The average Bonchev–Trinajstić information content (AvgIpc) is 2.51. The van der Waals surface area contributed by atoms with Gasteiger partial charge in [0.15, 0.2) is 5.78 Å². The molecule has 0 heterocycles. The number of nitrogens with two attached hydrogens (primary N) is 1. The number of amides is 4. The van der Waals surface area contributed by atoms with Crippen molar-refractivity contribution in [1.29, 1.82) is 0 Å². The quantitative estimate of drug-likeness (QED) is 0.409. The Morgan fingerprint density at radius 1 is 0.931 bits per heavy atom. The largest absolute Gasteiger partial charge is 0.352 e. The average molecular weight is 413 g/mol. The number of Topliss-reactive ketones (excluding diaryl/α,β-unsaturated/α-hetero) is 1. The zero-order valence-electron chi connectivity index (χ0n) is 19.3. The van der Waals surface area contributed by atoms with E-state index in [-0.39, 0.29) is 28.9 Å². The number of nitrogens with one attached hydrogen (secondary N) is 3. The Morgan fingerprint density at radius 2 is 1.48 bits per heavy atom. The molecule has 0 aliphatic heterocycles. The van der Waals surface area contributed by atoms with Crippen LogP contribution in [0.3, 0.4) is 0 Å². The molecule has 0 aliphatic carbocycles. The van der Waals surface area contributed by atoms with Gasteiger partial charge >= 0.3 is 6.03 Å². The topological polar surface area (TPSA) is 130 Å². The van der Waals surface area contributed by atoms with Crippen LogP contribution < -0.4 is 21.7 Å². The van der Waals surface area contributed by atoms with E-state index in [0.29, 0.717) is 25.8 Å². The van der Waals surface area contributed by atoms with Crippen LogP contribution in [0.1, 0.15) is 74.7 Å². The van der Waals surface area contributed by atoms with E-state index in [4.69, 9.17) is 5.73 Å². The second-order valence-electron chi connectivity index (χ2n) is 10.1. The molecule has 168 valence electrons. The molecule has 8 heteroatoms. The molecule has 0 aliphatic rings. The highest BCUT2D eigenvalue weighted by molar-refractivity contribution is 5.95. The molecule has 5 N–H and O–H groups in total. The molecule has 0 spiro atoms. The molecule has 0 bridgehead atoms. The zero-order chi connectivity index (χ0) is 23.0. The third kappa shape index (κ3) is 11.5. The van der Waals surface area contributed by atoms with Crippen LogP contribution in [-0.4, -0.2) is 42.3 Å². The van der Waals surface area contributed by atoms with Gasteiger partial charge in [-0.1, -0.05) is 55.4 Å². The van der Waals surface area contributed by atoms with Gasteiger partial charge in [-0.25, -0.2) is 4.79 Å². The number of carbonyl (C=O) groups is 4. The van der Waals surface area contributed by atoms with Crippen molar-refractivity contribution in [2.75, 3.05) is 6.54 Å². The van der Waals surface area contributed by atoms with E-state index in [1.165, 1.54) is 0 Å². The first-order chi connectivity index (χ1) is 13.0. The maximum atomic E-state index is 12.9. The summed E-state index contributed by atoms with van der Waals surface area (Å²) < 4.78 is 0. The van der Waals surface area contributed by atoms with Gasteiger partial charge in [-0.3, -0.25) is 14.4 Å². The standard InChI is InChI=1S/C21H40N4O4/c1-13(2)16(25-15(26)12-20(3,4)5)18(28)24-14(17(27)21(6,7)8)10-9-11-23-19(22)29/h13-14,16H,9-12H2,1-8H3,(H,24,28)(H,25,26)(H3,22,23,29)/t14-,16-/m0/s1. The first-order valence-electron chi connectivity index (χ1n) is 10.2. The van der Waals surface area contributed by atoms with Gasteiger partial charge in [-0.2, -0.15) is 0 Å². The summed E-state index contributed by atoms with van der Waals surface area (Å²) in [6.07, 6.45) is 1.15. The summed E-state index contributed by atoms with van der Waals surface area (Å²) in [5, 5.41) is 8.09. The van der Waals surface area contributed by atoms with Crippen LogP contribution in [0, 0.1) is 16.7 Å². The second kappa shape index (κ2) is 11.2. The van der Waals surface area contributed by atoms with Gasteiger partial charge < -0.3 is 21.7 Å². The van der Waals surface area contributed by atoms with E-state index in [1.54, 1.807) is 20.8 Å². The molecule has 29 heavy (non-hydrogen) atoms. The zero-order valence-corrected chi connectivity index (χ0v) is 19.3. The fourth-order valence-corrected chi connectivity index (χ4v) is 2.81. The number of hydrogen-bond acceptors (Lipinski definition) is 4. The molecule has 4 amide bonds. The van der Waals surface area contributed by atoms with Crippen LogP contribution in [-0.2, 0) is 14.4 Å². The minimum absolute atomic E-state index is 0.103. The van der Waals surface area contributed by atoms with E-state index in [2.05, 4.69) is 16.0 Å². The van der Waals surface area contributed by atoms with Gasteiger partial charge in [0, 0.05) is 18.4 Å². The molecule has 0 aromatic rings. The highest BCUT2D eigenvalue weighted by atomic mass is 16.2. The Hall–Kier alpha value is -2.12. The normalized spacial score (nSPS) is 14.1. The molecule has 0 aromatic heterocycles. The first-order valence-corrected chi connectivity index (χ1v) is 10.2. The maximum absolute atomic E-state index is 12.9. The smallest absolute Gasteiger partial charge is 0.312 e. The van der Waals surface area contributed by atoms with Crippen molar-refractivity contribution in [2.45, 2.75) is 86.7 Å². The molecule has 0 radical (unpaired) electrons. The maximum Gasteiger partial charge on any atom is 0.312 e. The van der Waals surface area contributed by atoms with Gasteiger partial charge in [0.2, 0.25) is 11.8 Å². The number of ketones is 1. The lowest BCUT2D eigenvalue weighted by Gasteiger charge is -2.29.